The maximum absolute atomic E-state index is 11.8. The van der Waals surface area contributed by atoms with Gasteiger partial charge in [-0.15, -0.1) is 11.3 Å². The van der Waals surface area contributed by atoms with Gasteiger partial charge in [-0.1, -0.05) is 0 Å². The molecule has 2 N–H and O–H groups in total. The highest BCUT2D eigenvalue weighted by atomic mass is 32.1. The van der Waals surface area contributed by atoms with Gasteiger partial charge in [0.2, 0.25) is 0 Å². The Morgan fingerprint density at radius 2 is 2.30 bits per heavy atom. The zero-order valence-corrected chi connectivity index (χ0v) is 12.0. The van der Waals surface area contributed by atoms with Crippen molar-refractivity contribution in [3.63, 3.8) is 0 Å². The zero-order chi connectivity index (χ0) is 13.8. The summed E-state index contributed by atoms with van der Waals surface area (Å²) in [6.45, 7) is 6.10. The van der Waals surface area contributed by atoms with Gasteiger partial charge in [0, 0.05) is 26.2 Å². The third-order valence-corrected chi connectivity index (χ3v) is 4.27. The van der Waals surface area contributed by atoms with Crippen molar-refractivity contribution in [1.82, 2.24) is 20.2 Å². The van der Waals surface area contributed by atoms with Gasteiger partial charge in [0.1, 0.15) is 10.5 Å². The number of nitrogens with one attached hydrogen (secondary N) is 2. The summed E-state index contributed by atoms with van der Waals surface area (Å²) in [7, 11) is 0. The number of aromatic nitrogens is 2. The van der Waals surface area contributed by atoms with Gasteiger partial charge in [-0.2, -0.15) is 0 Å². The molecule has 0 amide bonds. The van der Waals surface area contributed by atoms with Gasteiger partial charge in [-0.3, -0.25) is 9.69 Å². The van der Waals surface area contributed by atoms with Crippen molar-refractivity contribution in [3.8, 4) is 0 Å². The second-order valence-electron chi connectivity index (χ2n) is 4.78. The van der Waals surface area contributed by atoms with Gasteiger partial charge in [0.15, 0.2) is 0 Å². The van der Waals surface area contributed by atoms with E-state index in [4.69, 9.17) is 4.74 Å². The number of hydrogen-bond acceptors (Lipinski definition) is 6. The van der Waals surface area contributed by atoms with Crippen LogP contribution in [0.4, 0.5) is 0 Å². The minimum absolute atomic E-state index is 0.0463. The summed E-state index contributed by atoms with van der Waals surface area (Å²) in [6.07, 6.45) is 0. The number of ether oxygens (including phenoxy) is 1. The third-order valence-electron chi connectivity index (χ3n) is 3.36. The Morgan fingerprint density at radius 1 is 1.45 bits per heavy atom. The molecule has 0 aromatic carbocycles. The molecule has 0 bridgehead atoms. The van der Waals surface area contributed by atoms with Gasteiger partial charge < -0.3 is 15.0 Å². The van der Waals surface area contributed by atoms with Crippen molar-refractivity contribution >= 4 is 21.6 Å². The molecule has 3 heterocycles. The highest BCUT2D eigenvalue weighted by Crippen LogP contribution is 2.13. The first-order valence-corrected chi connectivity index (χ1v) is 7.68. The number of nitrogens with zero attached hydrogens (tertiary/aromatic N) is 2. The van der Waals surface area contributed by atoms with E-state index in [0.29, 0.717) is 17.1 Å². The largest absolute Gasteiger partial charge is 0.379 e. The molecule has 0 radical (unpaired) electrons. The molecular weight excluding hydrogens is 276 g/mol. The lowest BCUT2D eigenvalue weighted by Crippen LogP contribution is -2.40. The molecule has 3 rings (SSSR count). The number of morpholine rings is 1. The molecule has 1 fully saturated rings. The van der Waals surface area contributed by atoms with Crippen molar-refractivity contribution in [3.05, 3.63) is 27.6 Å². The first-order valence-electron chi connectivity index (χ1n) is 6.80. The van der Waals surface area contributed by atoms with Crippen LogP contribution in [0.3, 0.4) is 0 Å². The lowest BCUT2D eigenvalue weighted by Gasteiger charge is -2.26. The Labute approximate surface area is 120 Å². The van der Waals surface area contributed by atoms with Gasteiger partial charge >= 0.3 is 0 Å². The third kappa shape index (κ3) is 3.24. The number of hydrogen-bond donors (Lipinski definition) is 2. The standard InChI is InChI=1S/C13H18N4O2S/c18-13-12-10(1-8-20-12)15-11(16-13)9-14-2-3-17-4-6-19-7-5-17/h1,8,14H,2-7,9H2,(H,15,16,18). The summed E-state index contributed by atoms with van der Waals surface area (Å²) in [5.74, 6) is 0.697. The van der Waals surface area contributed by atoms with E-state index >= 15 is 0 Å². The maximum atomic E-state index is 11.8. The van der Waals surface area contributed by atoms with E-state index in [9.17, 15) is 4.79 Å². The summed E-state index contributed by atoms with van der Waals surface area (Å²) >= 11 is 1.42. The molecule has 0 spiro atoms. The van der Waals surface area contributed by atoms with E-state index in [1.54, 1.807) is 0 Å². The molecule has 2 aromatic rings. The second kappa shape index (κ2) is 6.45. The molecule has 20 heavy (non-hydrogen) atoms. The summed E-state index contributed by atoms with van der Waals surface area (Å²) in [5.41, 5.74) is 0.735. The quantitative estimate of drug-likeness (QED) is 0.782. The molecule has 1 aliphatic heterocycles. The van der Waals surface area contributed by atoms with Crippen LogP contribution < -0.4 is 10.9 Å². The number of fused-ring (bicyclic) bond motifs is 1. The molecule has 0 saturated carbocycles. The van der Waals surface area contributed by atoms with Crippen LogP contribution in [0.2, 0.25) is 0 Å². The van der Waals surface area contributed by atoms with Crippen molar-refractivity contribution in [2.75, 3.05) is 39.4 Å². The van der Waals surface area contributed by atoms with Gasteiger partial charge in [0.05, 0.1) is 25.3 Å². The Hall–Kier alpha value is -1.28. The molecular formula is C13H18N4O2S. The lowest BCUT2D eigenvalue weighted by molar-refractivity contribution is 0.0384. The second-order valence-corrected chi connectivity index (χ2v) is 5.69. The number of H-pyrrole nitrogens is 1. The van der Waals surface area contributed by atoms with Crippen LogP contribution >= 0.6 is 11.3 Å². The van der Waals surface area contributed by atoms with Crippen LogP contribution in [0.15, 0.2) is 16.2 Å². The van der Waals surface area contributed by atoms with E-state index in [1.807, 2.05) is 11.4 Å². The summed E-state index contributed by atoms with van der Waals surface area (Å²) < 4.78 is 6.01. The average Bonchev–Trinajstić information content (AvgIpc) is 2.94. The van der Waals surface area contributed by atoms with E-state index in [-0.39, 0.29) is 5.56 Å². The number of thiophene rings is 1. The summed E-state index contributed by atoms with van der Waals surface area (Å²) in [5, 5.41) is 5.21. The highest BCUT2D eigenvalue weighted by Gasteiger charge is 2.09. The average molecular weight is 294 g/mol. The molecule has 6 nitrogen and oxygen atoms in total. The molecule has 0 unspecified atom stereocenters. The number of aromatic amines is 1. The van der Waals surface area contributed by atoms with Crippen LogP contribution in [-0.4, -0.2) is 54.3 Å². The van der Waals surface area contributed by atoms with Crippen molar-refractivity contribution in [1.29, 1.82) is 0 Å². The zero-order valence-electron chi connectivity index (χ0n) is 11.2. The maximum Gasteiger partial charge on any atom is 0.268 e. The van der Waals surface area contributed by atoms with Crippen LogP contribution in [0.1, 0.15) is 5.82 Å². The predicted molar refractivity (Wildman–Crippen MR) is 79.2 cm³/mol. The van der Waals surface area contributed by atoms with E-state index < -0.39 is 0 Å². The van der Waals surface area contributed by atoms with Crippen LogP contribution in [0.5, 0.6) is 0 Å². The molecule has 1 saturated heterocycles. The first kappa shape index (κ1) is 13.7. The monoisotopic (exact) mass is 294 g/mol. The molecule has 108 valence electrons. The van der Waals surface area contributed by atoms with Crippen LogP contribution in [0.25, 0.3) is 10.2 Å². The van der Waals surface area contributed by atoms with Gasteiger partial charge in [-0.25, -0.2) is 4.98 Å². The minimum Gasteiger partial charge on any atom is -0.379 e. The molecule has 0 aliphatic carbocycles. The summed E-state index contributed by atoms with van der Waals surface area (Å²) in [4.78, 5) is 21.4. The first-order chi connectivity index (χ1) is 9.83. The highest BCUT2D eigenvalue weighted by molar-refractivity contribution is 7.17. The molecule has 0 atom stereocenters. The normalized spacial score (nSPS) is 16.8. The van der Waals surface area contributed by atoms with Crippen LogP contribution in [0, 0.1) is 0 Å². The molecule has 2 aromatic heterocycles. The fourth-order valence-corrected chi connectivity index (χ4v) is 3.00. The smallest absolute Gasteiger partial charge is 0.268 e. The van der Waals surface area contributed by atoms with E-state index in [2.05, 4.69) is 20.2 Å². The Balaban J connectivity index is 1.50. The Morgan fingerprint density at radius 3 is 3.15 bits per heavy atom. The van der Waals surface area contributed by atoms with Crippen LogP contribution in [-0.2, 0) is 11.3 Å². The Kier molecular flexibility index (Phi) is 4.41. The Bertz CT molecular complexity index is 618. The van der Waals surface area contributed by atoms with E-state index in [0.717, 1.165) is 44.9 Å². The number of rotatable bonds is 5. The summed E-state index contributed by atoms with van der Waals surface area (Å²) in [6, 6.07) is 1.88. The van der Waals surface area contributed by atoms with Gasteiger partial charge in [-0.05, 0) is 11.4 Å². The fourth-order valence-electron chi connectivity index (χ4n) is 2.27. The topological polar surface area (TPSA) is 70.2 Å². The lowest BCUT2D eigenvalue weighted by atomic mass is 10.4. The fraction of sp³-hybridized carbons (Fsp3) is 0.538. The van der Waals surface area contributed by atoms with E-state index in [1.165, 1.54) is 11.3 Å². The SMILES string of the molecule is O=c1[nH]c(CNCCN2CCOCC2)nc2ccsc12. The predicted octanol–water partition coefficient (Wildman–Crippen LogP) is 0.406. The van der Waals surface area contributed by atoms with Crippen molar-refractivity contribution < 1.29 is 4.74 Å². The molecule has 1 aliphatic rings. The van der Waals surface area contributed by atoms with Crippen molar-refractivity contribution in [2.24, 2.45) is 0 Å². The van der Waals surface area contributed by atoms with Crippen molar-refractivity contribution in [2.45, 2.75) is 6.54 Å². The molecule has 7 heteroatoms. The minimum atomic E-state index is -0.0463. The van der Waals surface area contributed by atoms with Gasteiger partial charge in [0.25, 0.3) is 5.56 Å².